The lowest BCUT2D eigenvalue weighted by Crippen LogP contribution is -2.59. The zero-order valence-corrected chi connectivity index (χ0v) is 15.1. The van der Waals surface area contributed by atoms with Crippen LogP contribution in [0.25, 0.3) is 11.5 Å². The number of carbonyl (C=O) groups excluding carboxylic acids is 1. The van der Waals surface area contributed by atoms with E-state index in [4.69, 9.17) is 4.42 Å². The SMILES string of the molecule is CN1CC2(CC1c1nnc(-c3ccccc3)o1)CN(C(=O)CC1CC1)C2. The van der Waals surface area contributed by atoms with Crippen molar-refractivity contribution >= 4 is 5.91 Å². The van der Waals surface area contributed by atoms with Crippen molar-refractivity contribution in [2.45, 2.75) is 31.7 Å². The number of benzene rings is 1. The highest BCUT2D eigenvalue weighted by atomic mass is 16.4. The molecule has 5 rings (SSSR count). The van der Waals surface area contributed by atoms with Crippen LogP contribution in [-0.2, 0) is 4.79 Å². The topological polar surface area (TPSA) is 62.5 Å². The van der Waals surface area contributed by atoms with E-state index in [1.165, 1.54) is 12.8 Å². The summed E-state index contributed by atoms with van der Waals surface area (Å²) in [6.07, 6.45) is 4.19. The fourth-order valence-electron chi connectivity index (χ4n) is 4.48. The van der Waals surface area contributed by atoms with Crippen molar-refractivity contribution in [2.75, 3.05) is 26.7 Å². The molecule has 2 saturated heterocycles. The molecule has 1 spiro atoms. The third-order valence-electron chi connectivity index (χ3n) is 6.06. The molecule has 1 unspecified atom stereocenters. The van der Waals surface area contributed by atoms with E-state index in [9.17, 15) is 4.79 Å². The van der Waals surface area contributed by atoms with Gasteiger partial charge in [0.05, 0.1) is 6.04 Å². The Morgan fingerprint density at radius 2 is 1.96 bits per heavy atom. The molecule has 3 fully saturated rings. The molecule has 6 nitrogen and oxygen atoms in total. The number of likely N-dealkylation sites (tertiary alicyclic amines) is 2. The lowest BCUT2D eigenvalue weighted by atomic mass is 9.77. The van der Waals surface area contributed by atoms with Gasteiger partial charge in [-0.15, -0.1) is 10.2 Å². The maximum absolute atomic E-state index is 12.3. The first-order valence-electron chi connectivity index (χ1n) is 9.49. The summed E-state index contributed by atoms with van der Waals surface area (Å²) >= 11 is 0. The Labute approximate surface area is 153 Å². The molecule has 136 valence electrons. The van der Waals surface area contributed by atoms with E-state index in [-0.39, 0.29) is 11.5 Å². The van der Waals surface area contributed by atoms with Crippen molar-refractivity contribution in [1.29, 1.82) is 0 Å². The first-order chi connectivity index (χ1) is 12.6. The summed E-state index contributed by atoms with van der Waals surface area (Å²) in [6, 6.07) is 10.0. The van der Waals surface area contributed by atoms with Gasteiger partial charge in [-0.25, -0.2) is 0 Å². The summed E-state index contributed by atoms with van der Waals surface area (Å²) in [6.45, 7) is 2.73. The van der Waals surface area contributed by atoms with Gasteiger partial charge in [0.25, 0.3) is 0 Å². The fourth-order valence-corrected chi connectivity index (χ4v) is 4.48. The zero-order chi connectivity index (χ0) is 17.7. The van der Waals surface area contributed by atoms with Crippen LogP contribution in [-0.4, -0.2) is 52.6 Å². The molecule has 1 saturated carbocycles. The van der Waals surface area contributed by atoms with Gasteiger partial charge in [-0.05, 0) is 44.4 Å². The van der Waals surface area contributed by atoms with Gasteiger partial charge in [0, 0.05) is 37.0 Å². The number of hydrogen-bond acceptors (Lipinski definition) is 5. The van der Waals surface area contributed by atoms with E-state index in [2.05, 4.69) is 22.1 Å². The normalized spacial score (nSPS) is 24.8. The molecule has 1 aromatic heterocycles. The van der Waals surface area contributed by atoms with E-state index >= 15 is 0 Å². The lowest BCUT2D eigenvalue weighted by molar-refractivity contribution is -0.143. The van der Waals surface area contributed by atoms with Crippen LogP contribution in [0.2, 0.25) is 0 Å². The van der Waals surface area contributed by atoms with Crippen LogP contribution in [0.15, 0.2) is 34.7 Å². The molecule has 2 aromatic rings. The molecule has 3 aliphatic rings. The van der Waals surface area contributed by atoms with Crippen molar-refractivity contribution in [2.24, 2.45) is 11.3 Å². The average Bonchev–Trinajstić information content (AvgIpc) is 3.17. The van der Waals surface area contributed by atoms with Gasteiger partial charge in [0.1, 0.15) is 0 Å². The van der Waals surface area contributed by atoms with Gasteiger partial charge in [0.15, 0.2) is 0 Å². The molecule has 1 aromatic carbocycles. The number of amides is 1. The molecule has 3 heterocycles. The molecular weight excluding hydrogens is 328 g/mol. The van der Waals surface area contributed by atoms with Gasteiger partial charge >= 0.3 is 0 Å². The summed E-state index contributed by atoms with van der Waals surface area (Å²) in [5.74, 6) is 2.26. The summed E-state index contributed by atoms with van der Waals surface area (Å²) in [5.41, 5.74) is 1.14. The average molecular weight is 352 g/mol. The first kappa shape index (κ1) is 16.0. The second kappa shape index (κ2) is 5.91. The van der Waals surface area contributed by atoms with Gasteiger partial charge in [-0.1, -0.05) is 18.2 Å². The summed E-state index contributed by atoms with van der Waals surface area (Å²) in [7, 11) is 2.11. The maximum Gasteiger partial charge on any atom is 0.247 e. The summed E-state index contributed by atoms with van der Waals surface area (Å²) in [4.78, 5) is 16.6. The Hall–Kier alpha value is -2.21. The molecule has 1 atom stereocenters. The number of carbonyl (C=O) groups is 1. The minimum atomic E-state index is 0.139. The summed E-state index contributed by atoms with van der Waals surface area (Å²) in [5, 5.41) is 8.54. The highest BCUT2D eigenvalue weighted by Gasteiger charge is 2.53. The van der Waals surface area contributed by atoms with E-state index in [0.717, 1.165) is 38.0 Å². The zero-order valence-electron chi connectivity index (χ0n) is 15.1. The van der Waals surface area contributed by atoms with Crippen LogP contribution in [0.1, 0.15) is 37.6 Å². The second-order valence-corrected chi connectivity index (χ2v) is 8.34. The predicted molar refractivity (Wildman–Crippen MR) is 96.1 cm³/mol. The van der Waals surface area contributed by atoms with Crippen molar-refractivity contribution in [3.8, 4) is 11.5 Å². The number of nitrogens with zero attached hydrogens (tertiary/aromatic N) is 4. The van der Waals surface area contributed by atoms with Crippen molar-refractivity contribution in [3.63, 3.8) is 0 Å². The van der Waals surface area contributed by atoms with Gasteiger partial charge in [-0.3, -0.25) is 9.69 Å². The fraction of sp³-hybridized carbons (Fsp3) is 0.550. The minimum Gasteiger partial charge on any atom is -0.419 e. The largest absolute Gasteiger partial charge is 0.419 e. The van der Waals surface area contributed by atoms with Crippen molar-refractivity contribution < 1.29 is 9.21 Å². The molecule has 1 aliphatic carbocycles. The molecule has 26 heavy (non-hydrogen) atoms. The predicted octanol–water partition coefficient (Wildman–Crippen LogP) is 2.74. The number of rotatable bonds is 4. The van der Waals surface area contributed by atoms with Crippen LogP contribution in [0.3, 0.4) is 0 Å². The molecule has 2 aliphatic heterocycles. The monoisotopic (exact) mass is 352 g/mol. The molecule has 0 radical (unpaired) electrons. The summed E-state index contributed by atoms with van der Waals surface area (Å²) < 4.78 is 5.98. The maximum atomic E-state index is 12.3. The van der Waals surface area contributed by atoms with Crippen LogP contribution < -0.4 is 0 Å². The van der Waals surface area contributed by atoms with E-state index in [1.54, 1.807) is 0 Å². The Kier molecular flexibility index (Phi) is 3.64. The Morgan fingerprint density at radius 1 is 1.19 bits per heavy atom. The Bertz CT molecular complexity index is 808. The Morgan fingerprint density at radius 3 is 2.69 bits per heavy atom. The van der Waals surface area contributed by atoms with Crippen LogP contribution >= 0.6 is 0 Å². The smallest absolute Gasteiger partial charge is 0.247 e. The first-order valence-corrected chi connectivity index (χ1v) is 9.49. The highest BCUT2D eigenvalue weighted by molar-refractivity contribution is 5.77. The Balaban J connectivity index is 1.26. The van der Waals surface area contributed by atoms with E-state index in [1.807, 2.05) is 35.2 Å². The van der Waals surface area contributed by atoms with E-state index < -0.39 is 0 Å². The quantitative estimate of drug-likeness (QED) is 0.847. The third kappa shape index (κ3) is 2.82. The molecule has 6 heteroatoms. The third-order valence-corrected chi connectivity index (χ3v) is 6.06. The lowest BCUT2D eigenvalue weighted by Gasteiger charge is -2.48. The van der Waals surface area contributed by atoms with Crippen LogP contribution in [0.5, 0.6) is 0 Å². The van der Waals surface area contributed by atoms with Gasteiger partial charge < -0.3 is 9.32 Å². The molecular formula is C20H24N4O2. The second-order valence-electron chi connectivity index (χ2n) is 8.34. The van der Waals surface area contributed by atoms with Crippen molar-refractivity contribution in [3.05, 3.63) is 36.2 Å². The van der Waals surface area contributed by atoms with Gasteiger partial charge in [-0.2, -0.15) is 0 Å². The van der Waals surface area contributed by atoms with Crippen LogP contribution in [0, 0.1) is 11.3 Å². The number of hydrogen-bond donors (Lipinski definition) is 0. The van der Waals surface area contributed by atoms with E-state index in [0.29, 0.717) is 23.6 Å². The molecule has 1 amide bonds. The van der Waals surface area contributed by atoms with Gasteiger partial charge in [0.2, 0.25) is 17.7 Å². The minimum absolute atomic E-state index is 0.139. The number of aromatic nitrogens is 2. The van der Waals surface area contributed by atoms with Crippen LogP contribution in [0.4, 0.5) is 0 Å². The van der Waals surface area contributed by atoms with Crippen molar-refractivity contribution in [1.82, 2.24) is 20.0 Å². The standard InChI is InChI=1S/C20H24N4O2/c1-23-11-20(12-24(13-20)17(25)9-14-7-8-14)10-16(23)19-22-21-18(26-19)15-5-3-2-4-6-15/h2-6,14,16H,7-13H2,1H3. The molecule has 0 N–H and O–H groups in total. The molecule has 0 bridgehead atoms. The highest BCUT2D eigenvalue weighted by Crippen LogP contribution is 2.48.